The zero-order valence-corrected chi connectivity index (χ0v) is 15.2. The van der Waals surface area contributed by atoms with Gasteiger partial charge in [-0.15, -0.1) is 11.6 Å². The smallest absolute Gasteiger partial charge is 0.242 e. The van der Waals surface area contributed by atoms with Crippen molar-refractivity contribution in [2.75, 3.05) is 15.7 Å². The summed E-state index contributed by atoms with van der Waals surface area (Å²) in [5.74, 6) is -0.276. The number of hydrogen-bond acceptors (Lipinski definition) is 2. The quantitative estimate of drug-likeness (QED) is 0.769. The lowest BCUT2D eigenvalue weighted by atomic mass is 10.0. The molecule has 5 heteroatoms. The van der Waals surface area contributed by atoms with E-state index in [1.165, 1.54) is 0 Å². The molecular formula is C21H21ClN2O2. The van der Waals surface area contributed by atoms with E-state index in [4.69, 9.17) is 11.6 Å². The second kappa shape index (κ2) is 7.12. The zero-order chi connectivity index (χ0) is 18.1. The highest BCUT2D eigenvalue weighted by Gasteiger charge is 2.45. The molecule has 0 radical (unpaired) electrons. The summed E-state index contributed by atoms with van der Waals surface area (Å²) in [6.45, 7) is 0.503. The SMILES string of the molecule is O=C1[C@H]2CCC[C@H]2N(C(=O)CCl)c2ccccc2N1Cc1ccccc1. The number of hydrogen-bond donors (Lipinski definition) is 0. The van der Waals surface area contributed by atoms with Gasteiger partial charge < -0.3 is 9.80 Å². The monoisotopic (exact) mass is 368 g/mol. The van der Waals surface area contributed by atoms with Gasteiger partial charge in [0.25, 0.3) is 0 Å². The normalized spacial score (nSPS) is 22.0. The van der Waals surface area contributed by atoms with Crippen LogP contribution in [-0.4, -0.2) is 23.7 Å². The van der Waals surface area contributed by atoms with E-state index in [1.807, 2.05) is 59.5 Å². The molecule has 0 aromatic heterocycles. The average molecular weight is 369 g/mol. The van der Waals surface area contributed by atoms with Gasteiger partial charge in [0.1, 0.15) is 5.88 Å². The van der Waals surface area contributed by atoms with Crippen LogP contribution in [0.5, 0.6) is 0 Å². The first-order chi connectivity index (χ1) is 12.7. The van der Waals surface area contributed by atoms with E-state index < -0.39 is 0 Å². The Morgan fingerprint density at radius 2 is 1.69 bits per heavy atom. The summed E-state index contributed by atoms with van der Waals surface area (Å²) < 4.78 is 0. The van der Waals surface area contributed by atoms with Crippen molar-refractivity contribution in [3.63, 3.8) is 0 Å². The molecule has 2 aromatic rings. The van der Waals surface area contributed by atoms with Gasteiger partial charge in [-0.1, -0.05) is 48.9 Å². The lowest BCUT2D eigenvalue weighted by Gasteiger charge is -2.30. The van der Waals surface area contributed by atoms with Crippen LogP contribution in [-0.2, 0) is 16.1 Å². The van der Waals surface area contributed by atoms with Crippen LogP contribution in [0.2, 0.25) is 0 Å². The Morgan fingerprint density at radius 1 is 1.00 bits per heavy atom. The minimum atomic E-state index is -0.168. The van der Waals surface area contributed by atoms with Crippen molar-refractivity contribution in [1.82, 2.24) is 0 Å². The number of anilines is 2. The van der Waals surface area contributed by atoms with Gasteiger partial charge in [0, 0.05) is 6.04 Å². The molecule has 4 nitrogen and oxygen atoms in total. The number of rotatable bonds is 3. The first kappa shape index (κ1) is 17.1. The molecule has 2 atom stereocenters. The second-order valence-electron chi connectivity index (χ2n) is 6.90. The van der Waals surface area contributed by atoms with Crippen LogP contribution < -0.4 is 9.80 Å². The van der Waals surface area contributed by atoms with Crippen LogP contribution in [0.4, 0.5) is 11.4 Å². The van der Waals surface area contributed by atoms with Crippen LogP contribution in [0.3, 0.4) is 0 Å². The van der Waals surface area contributed by atoms with E-state index >= 15 is 0 Å². The Morgan fingerprint density at radius 3 is 2.42 bits per heavy atom. The maximum absolute atomic E-state index is 13.4. The van der Waals surface area contributed by atoms with Crippen molar-refractivity contribution >= 4 is 34.8 Å². The molecule has 1 aliphatic carbocycles. The summed E-state index contributed by atoms with van der Waals surface area (Å²) in [6.07, 6.45) is 2.61. The van der Waals surface area contributed by atoms with Crippen LogP contribution in [0.25, 0.3) is 0 Å². The topological polar surface area (TPSA) is 40.6 Å². The Bertz CT molecular complexity index is 824. The molecule has 1 fully saturated rings. The fourth-order valence-electron chi connectivity index (χ4n) is 4.24. The van der Waals surface area contributed by atoms with Crippen molar-refractivity contribution in [2.45, 2.75) is 31.8 Å². The third-order valence-electron chi connectivity index (χ3n) is 5.39. The number of para-hydroxylation sites is 2. The van der Waals surface area contributed by atoms with E-state index in [2.05, 4.69) is 0 Å². The van der Waals surface area contributed by atoms with Crippen molar-refractivity contribution in [3.8, 4) is 0 Å². The van der Waals surface area contributed by atoms with Gasteiger partial charge in [-0.2, -0.15) is 0 Å². The molecule has 1 heterocycles. The number of carbonyl (C=O) groups excluding carboxylic acids is 2. The van der Waals surface area contributed by atoms with Crippen LogP contribution in [0.15, 0.2) is 54.6 Å². The number of benzene rings is 2. The van der Waals surface area contributed by atoms with Crippen LogP contribution in [0.1, 0.15) is 24.8 Å². The van der Waals surface area contributed by atoms with E-state index in [1.54, 1.807) is 4.90 Å². The highest BCUT2D eigenvalue weighted by atomic mass is 35.5. The highest BCUT2D eigenvalue weighted by Crippen LogP contribution is 2.43. The Labute approximate surface area is 158 Å². The molecule has 0 N–H and O–H groups in total. The zero-order valence-electron chi connectivity index (χ0n) is 14.5. The fraction of sp³-hybridized carbons (Fsp3) is 0.333. The number of amides is 2. The predicted octanol–water partition coefficient (Wildman–Crippen LogP) is 3.97. The molecule has 4 rings (SSSR count). The Kier molecular flexibility index (Phi) is 4.68. The van der Waals surface area contributed by atoms with Crippen molar-refractivity contribution < 1.29 is 9.59 Å². The summed E-state index contributed by atoms with van der Waals surface area (Å²) in [6, 6.07) is 17.5. The molecule has 0 spiro atoms. The first-order valence-corrected chi connectivity index (χ1v) is 9.56. The molecule has 134 valence electrons. The number of carbonyl (C=O) groups is 2. The Hall–Kier alpha value is -2.33. The van der Waals surface area contributed by atoms with Gasteiger partial charge in [0.05, 0.1) is 23.8 Å². The molecule has 2 aliphatic rings. The molecule has 1 aliphatic heterocycles. The average Bonchev–Trinajstić information content (AvgIpc) is 3.13. The van der Waals surface area contributed by atoms with Crippen LogP contribution in [0, 0.1) is 5.92 Å². The van der Waals surface area contributed by atoms with Crippen molar-refractivity contribution in [2.24, 2.45) is 5.92 Å². The number of alkyl halides is 1. The number of fused-ring (bicyclic) bond motifs is 2. The third kappa shape index (κ3) is 2.88. The van der Waals surface area contributed by atoms with E-state index in [-0.39, 0.29) is 29.7 Å². The van der Waals surface area contributed by atoms with Crippen molar-refractivity contribution in [3.05, 3.63) is 60.2 Å². The Balaban J connectivity index is 1.83. The van der Waals surface area contributed by atoms with Gasteiger partial charge in [-0.25, -0.2) is 0 Å². The van der Waals surface area contributed by atoms with E-state index in [0.717, 1.165) is 36.2 Å². The number of halogens is 1. The molecule has 2 aromatic carbocycles. The van der Waals surface area contributed by atoms with Crippen LogP contribution >= 0.6 is 11.6 Å². The lowest BCUT2D eigenvalue weighted by Crippen LogP contribution is -2.45. The van der Waals surface area contributed by atoms with E-state index in [9.17, 15) is 9.59 Å². The van der Waals surface area contributed by atoms with Gasteiger partial charge in [-0.3, -0.25) is 9.59 Å². The highest BCUT2D eigenvalue weighted by molar-refractivity contribution is 6.30. The fourth-order valence-corrected chi connectivity index (χ4v) is 4.37. The summed E-state index contributed by atoms with van der Waals surface area (Å²) in [7, 11) is 0. The summed E-state index contributed by atoms with van der Waals surface area (Å²) in [4.78, 5) is 29.7. The largest absolute Gasteiger partial charge is 0.306 e. The second-order valence-corrected chi connectivity index (χ2v) is 7.17. The van der Waals surface area contributed by atoms with E-state index in [0.29, 0.717) is 6.54 Å². The molecule has 0 saturated heterocycles. The van der Waals surface area contributed by atoms with Gasteiger partial charge in [0.15, 0.2) is 0 Å². The first-order valence-electron chi connectivity index (χ1n) is 9.03. The van der Waals surface area contributed by atoms with Gasteiger partial charge in [0.2, 0.25) is 11.8 Å². The molecular weight excluding hydrogens is 348 g/mol. The standard InChI is InChI=1S/C21H21ClN2O2/c22-13-20(25)24-17-12-6-9-16(17)21(26)23(14-15-7-2-1-3-8-15)18-10-4-5-11-19(18)24/h1-5,7-8,10-11,16-17H,6,9,12-14H2/t16-,17+/m0/s1. The molecule has 1 saturated carbocycles. The molecule has 0 unspecified atom stereocenters. The molecule has 0 bridgehead atoms. The lowest BCUT2D eigenvalue weighted by molar-refractivity contribution is -0.122. The van der Waals surface area contributed by atoms with Crippen molar-refractivity contribution in [1.29, 1.82) is 0 Å². The number of nitrogens with zero attached hydrogens (tertiary/aromatic N) is 2. The third-order valence-corrected chi connectivity index (χ3v) is 5.62. The molecule has 2 amide bonds. The van der Waals surface area contributed by atoms with Gasteiger partial charge >= 0.3 is 0 Å². The summed E-state index contributed by atoms with van der Waals surface area (Å²) in [5, 5.41) is 0. The summed E-state index contributed by atoms with van der Waals surface area (Å²) in [5.41, 5.74) is 2.65. The molecule has 26 heavy (non-hydrogen) atoms. The predicted molar refractivity (Wildman–Crippen MR) is 103 cm³/mol. The minimum Gasteiger partial charge on any atom is -0.306 e. The summed E-state index contributed by atoms with van der Waals surface area (Å²) >= 11 is 5.91. The maximum Gasteiger partial charge on any atom is 0.242 e. The van der Waals surface area contributed by atoms with Gasteiger partial charge in [-0.05, 0) is 30.5 Å². The minimum absolute atomic E-state index is 0.0789. The maximum atomic E-state index is 13.4.